The number of methoxy groups -OCH3 is 1. The highest BCUT2D eigenvalue weighted by Gasteiger charge is 2.24. The summed E-state index contributed by atoms with van der Waals surface area (Å²) in [5.74, 6) is 0.555. The molecule has 0 radical (unpaired) electrons. The molecule has 0 aliphatic carbocycles. The molecule has 0 amide bonds. The van der Waals surface area contributed by atoms with Crippen molar-refractivity contribution in [3.05, 3.63) is 33.9 Å². The number of nitro benzene ring substituents is 1. The Morgan fingerprint density at radius 2 is 2.40 bits per heavy atom. The van der Waals surface area contributed by atoms with E-state index in [0.29, 0.717) is 5.75 Å². The van der Waals surface area contributed by atoms with E-state index in [0.717, 1.165) is 18.6 Å². The Kier molecular flexibility index (Phi) is 2.55. The van der Waals surface area contributed by atoms with Crippen LogP contribution in [0.5, 0.6) is 5.75 Å². The van der Waals surface area contributed by atoms with Crippen LogP contribution in [0, 0.1) is 10.1 Å². The van der Waals surface area contributed by atoms with Gasteiger partial charge in [-0.05, 0) is 11.6 Å². The first-order chi connectivity index (χ1) is 7.20. The van der Waals surface area contributed by atoms with Crippen molar-refractivity contribution in [3.63, 3.8) is 0 Å². The summed E-state index contributed by atoms with van der Waals surface area (Å²) in [4.78, 5) is 10.1. The minimum absolute atomic E-state index is 0.0484. The molecule has 1 fully saturated rings. The molecule has 80 valence electrons. The Bertz CT molecular complexity index is 387. The van der Waals surface area contributed by atoms with E-state index in [9.17, 15) is 10.1 Å². The van der Waals surface area contributed by atoms with Crippen LogP contribution < -0.4 is 4.74 Å². The summed E-state index contributed by atoms with van der Waals surface area (Å²) in [7, 11) is 1.51. The summed E-state index contributed by atoms with van der Waals surface area (Å²) in [5.41, 5.74) is 0.998. The molecule has 1 aromatic carbocycles. The molecular formula is C10H11NO4. The first kappa shape index (κ1) is 9.92. The van der Waals surface area contributed by atoms with Gasteiger partial charge in [0.05, 0.1) is 30.8 Å². The van der Waals surface area contributed by atoms with E-state index in [1.54, 1.807) is 6.07 Å². The van der Waals surface area contributed by atoms with Crippen molar-refractivity contribution in [2.24, 2.45) is 0 Å². The second-order valence-corrected chi connectivity index (χ2v) is 3.41. The van der Waals surface area contributed by atoms with Gasteiger partial charge >= 0.3 is 0 Å². The summed E-state index contributed by atoms with van der Waals surface area (Å²) in [6, 6.07) is 4.65. The molecule has 0 saturated carbocycles. The Morgan fingerprint density at radius 3 is 2.93 bits per heavy atom. The Labute approximate surface area is 86.8 Å². The van der Waals surface area contributed by atoms with Crippen LogP contribution in [-0.2, 0) is 11.2 Å². The van der Waals surface area contributed by atoms with Gasteiger partial charge < -0.3 is 9.47 Å². The van der Waals surface area contributed by atoms with Gasteiger partial charge in [-0.25, -0.2) is 0 Å². The molecule has 0 spiro atoms. The fourth-order valence-electron chi connectivity index (χ4n) is 1.45. The number of rotatable bonds is 4. The molecule has 1 heterocycles. The van der Waals surface area contributed by atoms with E-state index in [1.165, 1.54) is 19.2 Å². The van der Waals surface area contributed by atoms with E-state index in [4.69, 9.17) is 9.47 Å². The van der Waals surface area contributed by atoms with Gasteiger partial charge in [0.1, 0.15) is 5.75 Å². The van der Waals surface area contributed by atoms with Crippen molar-refractivity contribution in [1.82, 2.24) is 0 Å². The van der Waals surface area contributed by atoms with Gasteiger partial charge in [-0.15, -0.1) is 0 Å². The van der Waals surface area contributed by atoms with Crippen LogP contribution in [0.25, 0.3) is 0 Å². The third kappa shape index (κ3) is 2.24. The predicted molar refractivity (Wildman–Crippen MR) is 53.1 cm³/mol. The van der Waals surface area contributed by atoms with Gasteiger partial charge in [-0.2, -0.15) is 0 Å². The maximum Gasteiger partial charge on any atom is 0.273 e. The number of nitrogens with zero attached hydrogens (tertiary/aromatic N) is 1. The van der Waals surface area contributed by atoms with Crippen molar-refractivity contribution in [3.8, 4) is 5.75 Å². The van der Waals surface area contributed by atoms with Crippen LogP contribution in [0.2, 0.25) is 0 Å². The number of ether oxygens (including phenoxy) is 2. The lowest BCUT2D eigenvalue weighted by atomic mass is 10.1. The third-order valence-electron chi connectivity index (χ3n) is 2.33. The smallest absolute Gasteiger partial charge is 0.273 e. The van der Waals surface area contributed by atoms with Crippen LogP contribution in [0.15, 0.2) is 18.2 Å². The van der Waals surface area contributed by atoms with Gasteiger partial charge in [-0.1, -0.05) is 0 Å². The van der Waals surface area contributed by atoms with Crippen molar-refractivity contribution in [2.45, 2.75) is 12.5 Å². The van der Waals surface area contributed by atoms with Crippen LogP contribution in [0.4, 0.5) is 5.69 Å². The van der Waals surface area contributed by atoms with Gasteiger partial charge in [-0.3, -0.25) is 10.1 Å². The summed E-state index contributed by atoms with van der Waals surface area (Å²) in [6.45, 7) is 0.764. The van der Waals surface area contributed by atoms with Crippen LogP contribution in [0.1, 0.15) is 5.56 Å². The molecule has 1 atom stereocenters. The Hall–Kier alpha value is -1.62. The standard InChI is InChI=1S/C10H11NO4/c1-14-10-5-8(11(12)13)3-2-7(10)4-9-6-15-9/h2-3,5,9H,4,6H2,1H3. The monoisotopic (exact) mass is 209 g/mol. The lowest BCUT2D eigenvalue weighted by molar-refractivity contribution is -0.384. The molecule has 15 heavy (non-hydrogen) atoms. The highest BCUT2D eigenvalue weighted by Crippen LogP contribution is 2.28. The number of nitro groups is 1. The third-order valence-corrected chi connectivity index (χ3v) is 2.33. The average molecular weight is 209 g/mol. The van der Waals surface area contributed by atoms with E-state index < -0.39 is 4.92 Å². The summed E-state index contributed by atoms with van der Waals surface area (Å²) in [6.07, 6.45) is 1.00. The molecule has 1 aromatic rings. The van der Waals surface area contributed by atoms with Crippen LogP contribution in [0.3, 0.4) is 0 Å². The highest BCUT2D eigenvalue weighted by molar-refractivity contribution is 5.44. The lowest BCUT2D eigenvalue weighted by Gasteiger charge is -2.06. The SMILES string of the molecule is COc1cc([N+](=O)[O-])ccc1CC1CO1. The van der Waals surface area contributed by atoms with Gasteiger partial charge in [0.25, 0.3) is 5.69 Å². The zero-order valence-electron chi connectivity index (χ0n) is 8.30. The van der Waals surface area contributed by atoms with Gasteiger partial charge in [0.15, 0.2) is 0 Å². The summed E-state index contributed by atoms with van der Waals surface area (Å²) >= 11 is 0. The minimum Gasteiger partial charge on any atom is -0.496 e. The summed E-state index contributed by atoms with van der Waals surface area (Å²) in [5, 5.41) is 10.5. The molecule has 1 aliphatic heterocycles. The fourth-order valence-corrected chi connectivity index (χ4v) is 1.45. The topological polar surface area (TPSA) is 64.9 Å². The quantitative estimate of drug-likeness (QED) is 0.428. The lowest BCUT2D eigenvalue weighted by Crippen LogP contribution is -1.98. The van der Waals surface area contributed by atoms with E-state index in [2.05, 4.69) is 0 Å². The second-order valence-electron chi connectivity index (χ2n) is 3.41. The van der Waals surface area contributed by atoms with Crippen LogP contribution >= 0.6 is 0 Å². The van der Waals surface area contributed by atoms with Crippen molar-refractivity contribution in [2.75, 3.05) is 13.7 Å². The van der Waals surface area contributed by atoms with E-state index in [-0.39, 0.29) is 11.8 Å². The number of hydrogen-bond acceptors (Lipinski definition) is 4. The molecule has 2 rings (SSSR count). The van der Waals surface area contributed by atoms with Crippen molar-refractivity contribution >= 4 is 5.69 Å². The number of benzene rings is 1. The van der Waals surface area contributed by atoms with E-state index in [1.807, 2.05) is 0 Å². The first-order valence-corrected chi connectivity index (χ1v) is 4.63. The van der Waals surface area contributed by atoms with Crippen molar-refractivity contribution in [1.29, 1.82) is 0 Å². The number of non-ortho nitro benzene ring substituents is 1. The second kappa shape index (κ2) is 3.86. The number of hydrogen-bond donors (Lipinski definition) is 0. The molecule has 5 heteroatoms. The minimum atomic E-state index is -0.431. The zero-order chi connectivity index (χ0) is 10.8. The van der Waals surface area contributed by atoms with E-state index >= 15 is 0 Å². The Morgan fingerprint density at radius 1 is 1.67 bits per heavy atom. The molecule has 0 N–H and O–H groups in total. The molecule has 0 bridgehead atoms. The maximum absolute atomic E-state index is 10.5. The normalized spacial score (nSPS) is 18.6. The maximum atomic E-state index is 10.5. The molecular weight excluding hydrogens is 198 g/mol. The highest BCUT2D eigenvalue weighted by atomic mass is 16.6. The molecule has 0 aromatic heterocycles. The number of epoxide rings is 1. The fraction of sp³-hybridized carbons (Fsp3) is 0.400. The molecule has 1 saturated heterocycles. The Balaban J connectivity index is 2.25. The average Bonchev–Trinajstić information content (AvgIpc) is 3.02. The van der Waals surface area contributed by atoms with Gasteiger partial charge in [0.2, 0.25) is 0 Å². The first-order valence-electron chi connectivity index (χ1n) is 4.63. The van der Waals surface area contributed by atoms with Gasteiger partial charge in [0, 0.05) is 12.5 Å². The zero-order valence-corrected chi connectivity index (χ0v) is 8.30. The largest absolute Gasteiger partial charge is 0.496 e. The molecule has 1 unspecified atom stereocenters. The van der Waals surface area contributed by atoms with Crippen LogP contribution in [-0.4, -0.2) is 24.7 Å². The molecule has 5 nitrogen and oxygen atoms in total. The summed E-state index contributed by atoms with van der Waals surface area (Å²) < 4.78 is 10.2. The predicted octanol–water partition coefficient (Wildman–Crippen LogP) is 1.54. The molecule has 1 aliphatic rings. The van der Waals surface area contributed by atoms with Crippen molar-refractivity contribution < 1.29 is 14.4 Å².